The van der Waals surface area contributed by atoms with E-state index in [1.165, 1.54) is 0 Å². The Morgan fingerprint density at radius 1 is 1.45 bits per heavy atom. The monoisotopic (exact) mass is 406 g/mol. The van der Waals surface area contributed by atoms with Crippen molar-refractivity contribution in [1.29, 1.82) is 0 Å². The van der Waals surface area contributed by atoms with Crippen LogP contribution in [0.3, 0.4) is 0 Å². The highest BCUT2D eigenvalue weighted by atomic mass is 127. The second-order valence-corrected chi connectivity index (χ2v) is 6.91. The molecule has 20 heavy (non-hydrogen) atoms. The third-order valence-corrected chi connectivity index (χ3v) is 4.43. The third-order valence-electron chi connectivity index (χ3n) is 2.73. The maximum Gasteiger partial charge on any atom is 0.313 e. The van der Waals surface area contributed by atoms with Gasteiger partial charge in [0.05, 0.1) is 22.3 Å². The summed E-state index contributed by atoms with van der Waals surface area (Å²) >= 11 is 2.19. The van der Waals surface area contributed by atoms with Gasteiger partial charge in [-0.25, -0.2) is 0 Å². The van der Waals surface area contributed by atoms with Crippen molar-refractivity contribution in [3.05, 3.63) is 27.5 Å². The molecule has 0 N–H and O–H groups in total. The minimum atomic E-state index is -1.22. The highest BCUT2D eigenvalue weighted by Gasteiger charge is 2.20. The average molecular weight is 406 g/mol. The van der Waals surface area contributed by atoms with Crippen LogP contribution >= 0.6 is 22.6 Å². The first-order valence-corrected chi connectivity index (χ1v) is 8.86. The number of furan rings is 1. The van der Waals surface area contributed by atoms with Crippen LogP contribution in [0.4, 0.5) is 0 Å². The number of esters is 1. The number of carbonyl (C=O) groups is 1. The summed E-state index contributed by atoms with van der Waals surface area (Å²) in [6, 6.07) is 5.65. The molecule has 0 saturated carbocycles. The molecule has 2 aromatic rings. The van der Waals surface area contributed by atoms with E-state index in [0.29, 0.717) is 22.8 Å². The zero-order valence-corrected chi connectivity index (χ0v) is 14.2. The van der Waals surface area contributed by atoms with Crippen LogP contribution in [0.15, 0.2) is 27.5 Å². The summed E-state index contributed by atoms with van der Waals surface area (Å²) in [6.45, 7) is 2.32. The van der Waals surface area contributed by atoms with Gasteiger partial charge in [-0.3, -0.25) is 9.00 Å². The van der Waals surface area contributed by atoms with Gasteiger partial charge in [-0.05, 0) is 47.2 Å². The molecule has 0 radical (unpaired) electrons. The maximum absolute atomic E-state index is 11.9. The highest BCUT2D eigenvalue weighted by Crippen LogP contribution is 2.30. The highest BCUT2D eigenvalue weighted by molar-refractivity contribution is 14.1. The van der Waals surface area contributed by atoms with Crippen LogP contribution in [0.2, 0.25) is 0 Å². The first kappa shape index (κ1) is 15.5. The van der Waals surface area contributed by atoms with Crippen molar-refractivity contribution in [2.75, 3.05) is 12.9 Å². The quantitative estimate of drug-likeness (QED) is 0.565. The second kappa shape index (κ2) is 6.71. The fraction of sp³-hybridized carbons (Fsp3) is 0.357. The van der Waals surface area contributed by atoms with E-state index in [0.717, 1.165) is 15.4 Å². The Balaban J connectivity index is 2.39. The van der Waals surface area contributed by atoms with Crippen LogP contribution < -0.4 is 0 Å². The van der Waals surface area contributed by atoms with Gasteiger partial charge in [0.25, 0.3) is 0 Å². The van der Waals surface area contributed by atoms with E-state index >= 15 is 0 Å². The fourth-order valence-corrected chi connectivity index (χ4v) is 3.32. The van der Waals surface area contributed by atoms with Crippen molar-refractivity contribution in [3.63, 3.8) is 0 Å². The Labute approximate surface area is 133 Å². The molecular formula is C14H15IO4S. The molecule has 2 rings (SSSR count). The molecule has 1 heterocycles. The van der Waals surface area contributed by atoms with Crippen LogP contribution in [0.25, 0.3) is 11.0 Å². The molecule has 0 fully saturated rings. The van der Waals surface area contributed by atoms with Crippen molar-refractivity contribution in [3.8, 4) is 0 Å². The Kier molecular flexibility index (Phi) is 5.20. The lowest BCUT2D eigenvalue weighted by Crippen LogP contribution is -2.09. The standard InChI is InChI=1S/C14H15IO4S/c1-3-6-18-13(16)8-12-14(20(2)17)10-7-9(15)4-5-11(10)19-12/h4-5,7H,3,6,8H2,1-2H3. The molecule has 0 amide bonds. The number of hydrogen-bond donors (Lipinski definition) is 0. The van der Waals surface area contributed by atoms with Gasteiger partial charge in [-0.15, -0.1) is 0 Å². The van der Waals surface area contributed by atoms with Crippen LogP contribution in [0.1, 0.15) is 19.1 Å². The van der Waals surface area contributed by atoms with E-state index in [1.54, 1.807) is 6.26 Å². The summed E-state index contributed by atoms with van der Waals surface area (Å²) in [6.07, 6.45) is 2.38. The van der Waals surface area contributed by atoms with Gasteiger partial charge in [-0.1, -0.05) is 6.92 Å². The lowest BCUT2D eigenvalue weighted by Gasteiger charge is -2.02. The molecule has 0 bridgehead atoms. The van der Waals surface area contributed by atoms with Gasteiger partial charge in [0.2, 0.25) is 0 Å². The molecule has 108 valence electrons. The van der Waals surface area contributed by atoms with Crippen LogP contribution in [-0.4, -0.2) is 23.0 Å². The van der Waals surface area contributed by atoms with Crippen LogP contribution in [0.5, 0.6) is 0 Å². The van der Waals surface area contributed by atoms with Gasteiger partial charge in [0, 0.05) is 15.2 Å². The molecule has 0 aliphatic carbocycles. The maximum atomic E-state index is 11.9. The molecule has 1 aromatic carbocycles. The number of fused-ring (bicyclic) bond motifs is 1. The lowest BCUT2D eigenvalue weighted by atomic mass is 10.2. The number of carbonyl (C=O) groups excluding carboxylic acids is 1. The van der Waals surface area contributed by atoms with Gasteiger partial charge in [-0.2, -0.15) is 0 Å². The zero-order valence-electron chi connectivity index (χ0n) is 11.3. The van der Waals surface area contributed by atoms with E-state index in [1.807, 2.05) is 25.1 Å². The topological polar surface area (TPSA) is 56.5 Å². The van der Waals surface area contributed by atoms with E-state index in [9.17, 15) is 9.00 Å². The van der Waals surface area contributed by atoms with Crippen molar-refractivity contribution in [2.24, 2.45) is 0 Å². The number of rotatable bonds is 5. The molecule has 0 aliphatic heterocycles. The molecule has 0 saturated heterocycles. The molecule has 0 spiro atoms. The molecule has 4 nitrogen and oxygen atoms in total. The average Bonchev–Trinajstić information content (AvgIpc) is 2.73. The summed E-state index contributed by atoms with van der Waals surface area (Å²) in [4.78, 5) is 12.3. The number of benzene rings is 1. The predicted octanol–water partition coefficient (Wildman–Crippen LogP) is 3.27. The Morgan fingerprint density at radius 3 is 2.85 bits per heavy atom. The Morgan fingerprint density at radius 2 is 2.20 bits per heavy atom. The summed E-state index contributed by atoms with van der Waals surface area (Å²) in [5.74, 6) is 0.0799. The largest absolute Gasteiger partial charge is 0.465 e. The normalized spacial score (nSPS) is 12.6. The van der Waals surface area contributed by atoms with Crippen molar-refractivity contribution >= 4 is 50.3 Å². The van der Waals surface area contributed by atoms with Gasteiger partial charge in [0.1, 0.15) is 17.8 Å². The first-order chi connectivity index (χ1) is 9.52. The molecule has 6 heteroatoms. The van der Waals surface area contributed by atoms with Gasteiger partial charge >= 0.3 is 5.97 Å². The van der Waals surface area contributed by atoms with E-state index in [2.05, 4.69) is 22.6 Å². The first-order valence-electron chi connectivity index (χ1n) is 6.23. The Hall–Kier alpha value is -0.890. The molecular weight excluding hydrogens is 391 g/mol. The number of halogens is 1. The fourth-order valence-electron chi connectivity index (χ4n) is 1.93. The summed E-state index contributed by atoms with van der Waals surface area (Å²) in [7, 11) is -1.22. The minimum absolute atomic E-state index is 0.0141. The number of ether oxygens (including phenoxy) is 1. The molecule has 1 aromatic heterocycles. The van der Waals surface area contributed by atoms with E-state index < -0.39 is 10.8 Å². The smallest absolute Gasteiger partial charge is 0.313 e. The minimum Gasteiger partial charge on any atom is -0.465 e. The van der Waals surface area contributed by atoms with Crippen LogP contribution in [0, 0.1) is 3.57 Å². The van der Waals surface area contributed by atoms with Gasteiger partial charge < -0.3 is 9.15 Å². The predicted molar refractivity (Wildman–Crippen MR) is 86.2 cm³/mol. The van der Waals surface area contributed by atoms with E-state index in [-0.39, 0.29) is 12.4 Å². The van der Waals surface area contributed by atoms with Crippen LogP contribution in [-0.2, 0) is 26.8 Å². The lowest BCUT2D eigenvalue weighted by molar-refractivity contribution is -0.143. The second-order valence-electron chi connectivity index (χ2n) is 4.35. The van der Waals surface area contributed by atoms with Crippen molar-refractivity contribution in [1.82, 2.24) is 0 Å². The molecule has 1 atom stereocenters. The van der Waals surface area contributed by atoms with E-state index in [4.69, 9.17) is 9.15 Å². The summed E-state index contributed by atoms with van der Waals surface area (Å²) in [5.41, 5.74) is 0.647. The SMILES string of the molecule is CCCOC(=O)Cc1oc2ccc(I)cc2c1S(C)=O. The molecule has 0 aliphatic rings. The third kappa shape index (κ3) is 3.41. The van der Waals surface area contributed by atoms with Gasteiger partial charge in [0.15, 0.2) is 0 Å². The molecule has 1 unspecified atom stereocenters. The van der Waals surface area contributed by atoms with Crippen molar-refractivity contribution in [2.45, 2.75) is 24.7 Å². The number of hydrogen-bond acceptors (Lipinski definition) is 4. The van der Waals surface area contributed by atoms with Crippen molar-refractivity contribution < 1.29 is 18.2 Å². The Bertz CT molecular complexity index is 662. The summed E-state index contributed by atoms with van der Waals surface area (Å²) < 4.78 is 23.7. The summed E-state index contributed by atoms with van der Waals surface area (Å²) in [5, 5.41) is 0.802. The zero-order chi connectivity index (χ0) is 14.7.